The molecular weight excluding hydrogens is 252 g/mol. The van der Waals surface area contributed by atoms with Crippen molar-refractivity contribution in [3.05, 3.63) is 17.8 Å². The van der Waals surface area contributed by atoms with E-state index in [0.29, 0.717) is 12.1 Å². The van der Waals surface area contributed by atoms with Crippen molar-refractivity contribution in [1.29, 1.82) is 0 Å². The average Bonchev–Trinajstić information content (AvgIpc) is 2.47. The lowest BCUT2D eigenvalue weighted by molar-refractivity contribution is -0.131. The molecule has 2 rings (SSSR count). The second kappa shape index (κ2) is 6.59. The molecule has 1 fully saturated rings. The van der Waals surface area contributed by atoms with Gasteiger partial charge in [-0.15, -0.1) is 0 Å². The predicted molar refractivity (Wildman–Crippen MR) is 81.7 cm³/mol. The van der Waals surface area contributed by atoms with E-state index in [1.807, 2.05) is 24.0 Å². The van der Waals surface area contributed by atoms with Gasteiger partial charge in [0.05, 0.1) is 5.69 Å². The Hall–Kier alpha value is -1.78. The summed E-state index contributed by atoms with van der Waals surface area (Å²) in [6, 6.07) is 3.82. The van der Waals surface area contributed by atoms with E-state index in [4.69, 9.17) is 5.73 Å². The predicted octanol–water partition coefficient (Wildman–Crippen LogP) is 1.81. The van der Waals surface area contributed by atoms with Crippen LogP contribution < -0.4 is 10.6 Å². The fourth-order valence-electron chi connectivity index (χ4n) is 2.46. The van der Waals surface area contributed by atoms with Gasteiger partial charge in [0, 0.05) is 38.3 Å². The Morgan fingerprint density at radius 2 is 2.00 bits per heavy atom. The van der Waals surface area contributed by atoms with Crippen molar-refractivity contribution < 1.29 is 4.79 Å². The number of rotatable bonds is 4. The highest BCUT2D eigenvalue weighted by Gasteiger charge is 2.22. The Balaban J connectivity index is 1.94. The summed E-state index contributed by atoms with van der Waals surface area (Å²) in [5.41, 5.74) is 7.67. The van der Waals surface area contributed by atoms with Crippen molar-refractivity contribution in [2.45, 2.75) is 33.1 Å². The van der Waals surface area contributed by atoms with Crippen LogP contribution in [-0.4, -0.2) is 42.0 Å². The van der Waals surface area contributed by atoms with Crippen LogP contribution in [0.1, 0.15) is 31.9 Å². The molecule has 110 valence electrons. The molecule has 1 aliphatic rings. The number of nitrogen functional groups attached to an aromatic ring is 1. The quantitative estimate of drug-likeness (QED) is 0.911. The fraction of sp³-hybridized carbons (Fsp3) is 0.600. The molecule has 0 bridgehead atoms. The Bertz CT molecular complexity index is 467. The van der Waals surface area contributed by atoms with E-state index in [9.17, 15) is 4.79 Å². The molecule has 5 heteroatoms. The molecule has 0 saturated carbocycles. The molecule has 1 aliphatic heterocycles. The van der Waals surface area contributed by atoms with E-state index in [2.05, 4.69) is 16.8 Å². The van der Waals surface area contributed by atoms with Crippen molar-refractivity contribution in [3.63, 3.8) is 0 Å². The molecule has 1 amide bonds. The first kappa shape index (κ1) is 14.6. The van der Waals surface area contributed by atoms with E-state index in [1.54, 1.807) is 0 Å². The Morgan fingerprint density at radius 1 is 1.30 bits per heavy atom. The number of nitrogens with two attached hydrogens (primary N) is 1. The maximum atomic E-state index is 12.0. The number of nitrogens with zero attached hydrogens (tertiary/aromatic N) is 3. The summed E-state index contributed by atoms with van der Waals surface area (Å²) in [5.74, 6) is 1.13. The minimum atomic E-state index is 0.275. The van der Waals surface area contributed by atoms with Crippen molar-refractivity contribution in [3.8, 4) is 0 Å². The van der Waals surface area contributed by atoms with Gasteiger partial charge >= 0.3 is 0 Å². The van der Waals surface area contributed by atoms with E-state index in [1.165, 1.54) is 0 Å². The van der Waals surface area contributed by atoms with Gasteiger partial charge in [-0.2, -0.15) is 0 Å². The normalized spacial score (nSPS) is 15.5. The summed E-state index contributed by atoms with van der Waals surface area (Å²) >= 11 is 0. The first-order valence-corrected chi connectivity index (χ1v) is 7.37. The maximum absolute atomic E-state index is 12.0. The summed E-state index contributed by atoms with van der Waals surface area (Å²) in [5, 5.41) is 0. The van der Waals surface area contributed by atoms with Gasteiger partial charge in [0.1, 0.15) is 0 Å². The fourth-order valence-corrected chi connectivity index (χ4v) is 2.46. The lowest BCUT2D eigenvalue weighted by Crippen LogP contribution is -2.49. The summed E-state index contributed by atoms with van der Waals surface area (Å²) < 4.78 is 0. The van der Waals surface area contributed by atoms with E-state index in [-0.39, 0.29) is 5.91 Å². The van der Waals surface area contributed by atoms with Gasteiger partial charge < -0.3 is 15.5 Å². The van der Waals surface area contributed by atoms with E-state index < -0.39 is 0 Å². The molecule has 0 spiro atoms. The largest absolute Gasteiger partial charge is 0.396 e. The summed E-state index contributed by atoms with van der Waals surface area (Å²) in [6.07, 6.45) is 2.71. The zero-order chi connectivity index (χ0) is 14.5. The van der Waals surface area contributed by atoms with Crippen LogP contribution in [0, 0.1) is 6.92 Å². The monoisotopic (exact) mass is 276 g/mol. The molecule has 1 saturated heterocycles. The number of amides is 1. The number of hydrogen-bond donors (Lipinski definition) is 1. The third-order valence-corrected chi connectivity index (χ3v) is 3.72. The second-order valence-corrected chi connectivity index (χ2v) is 5.34. The van der Waals surface area contributed by atoms with Gasteiger partial charge in [-0.25, -0.2) is 4.98 Å². The highest BCUT2D eigenvalue weighted by atomic mass is 16.2. The van der Waals surface area contributed by atoms with Gasteiger partial charge in [-0.1, -0.05) is 13.3 Å². The molecular formula is C15H24N4O. The van der Waals surface area contributed by atoms with Gasteiger partial charge in [0.2, 0.25) is 5.91 Å². The number of hydrogen-bond acceptors (Lipinski definition) is 4. The average molecular weight is 276 g/mol. The van der Waals surface area contributed by atoms with Crippen LogP contribution in [0.5, 0.6) is 0 Å². The van der Waals surface area contributed by atoms with E-state index >= 15 is 0 Å². The lowest BCUT2D eigenvalue weighted by atomic mass is 10.2. The third-order valence-electron chi connectivity index (χ3n) is 3.72. The molecule has 2 heterocycles. The number of unbranched alkanes of at least 4 members (excludes halogenated alkanes) is 1. The number of carbonyl (C=O) groups excluding carboxylic acids is 1. The Kier molecular flexibility index (Phi) is 4.82. The van der Waals surface area contributed by atoms with Gasteiger partial charge in [-0.05, 0) is 25.5 Å². The molecule has 0 unspecified atom stereocenters. The molecule has 0 radical (unpaired) electrons. The molecule has 0 atom stereocenters. The SMILES string of the molecule is CCCCC(=O)N1CCN(c2nc(C)ccc2N)CC1. The minimum Gasteiger partial charge on any atom is -0.396 e. The molecule has 1 aromatic rings. The number of carbonyl (C=O) groups is 1. The smallest absolute Gasteiger partial charge is 0.222 e. The molecule has 1 aromatic heterocycles. The number of aryl methyl sites for hydroxylation is 1. The highest BCUT2D eigenvalue weighted by Crippen LogP contribution is 2.22. The van der Waals surface area contributed by atoms with Crippen LogP contribution in [0.3, 0.4) is 0 Å². The van der Waals surface area contributed by atoms with Crippen molar-refractivity contribution >= 4 is 17.4 Å². The van der Waals surface area contributed by atoms with Crippen LogP contribution in [0.25, 0.3) is 0 Å². The number of anilines is 2. The molecule has 5 nitrogen and oxygen atoms in total. The summed E-state index contributed by atoms with van der Waals surface area (Å²) in [6.45, 7) is 7.21. The second-order valence-electron chi connectivity index (χ2n) is 5.34. The maximum Gasteiger partial charge on any atom is 0.222 e. The number of pyridine rings is 1. The summed E-state index contributed by atoms with van der Waals surface area (Å²) in [4.78, 5) is 20.6. The van der Waals surface area contributed by atoms with Gasteiger partial charge in [0.25, 0.3) is 0 Å². The van der Waals surface area contributed by atoms with Crippen molar-refractivity contribution in [2.75, 3.05) is 36.8 Å². The molecule has 0 aliphatic carbocycles. The standard InChI is InChI=1S/C15H24N4O/c1-3-4-5-14(20)18-8-10-19(11-9-18)15-13(16)7-6-12(2)17-15/h6-7H,3-5,8-11,16H2,1-2H3. The number of piperazine rings is 1. The topological polar surface area (TPSA) is 62.5 Å². The number of aromatic nitrogens is 1. The Labute approximate surface area is 120 Å². The zero-order valence-corrected chi connectivity index (χ0v) is 12.4. The lowest BCUT2D eigenvalue weighted by Gasteiger charge is -2.36. The third kappa shape index (κ3) is 3.40. The first-order chi connectivity index (χ1) is 9.61. The van der Waals surface area contributed by atoms with Crippen molar-refractivity contribution in [1.82, 2.24) is 9.88 Å². The zero-order valence-electron chi connectivity index (χ0n) is 12.4. The van der Waals surface area contributed by atoms with Gasteiger partial charge in [0.15, 0.2) is 5.82 Å². The van der Waals surface area contributed by atoms with Crippen LogP contribution in [0.4, 0.5) is 11.5 Å². The Morgan fingerprint density at radius 3 is 2.65 bits per heavy atom. The van der Waals surface area contributed by atoms with Crippen LogP contribution in [-0.2, 0) is 4.79 Å². The minimum absolute atomic E-state index is 0.275. The van der Waals surface area contributed by atoms with Crippen LogP contribution in [0.2, 0.25) is 0 Å². The van der Waals surface area contributed by atoms with Crippen LogP contribution >= 0.6 is 0 Å². The molecule has 2 N–H and O–H groups in total. The first-order valence-electron chi connectivity index (χ1n) is 7.37. The summed E-state index contributed by atoms with van der Waals surface area (Å²) in [7, 11) is 0. The van der Waals surface area contributed by atoms with Crippen molar-refractivity contribution in [2.24, 2.45) is 0 Å². The highest BCUT2D eigenvalue weighted by molar-refractivity contribution is 5.76. The van der Waals surface area contributed by atoms with Crippen LogP contribution in [0.15, 0.2) is 12.1 Å². The molecule has 20 heavy (non-hydrogen) atoms. The molecule has 0 aromatic carbocycles. The van der Waals surface area contributed by atoms with E-state index in [0.717, 1.165) is 50.5 Å². The van der Waals surface area contributed by atoms with Gasteiger partial charge in [-0.3, -0.25) is 4.79 Å².